The van der Waals surface area contributed by atoms with Crippen LogP contribution in [-0.4, -0.2) is 28.0 Å². The van der Waals surface area contributed by atoms with Crippen molar-refractivity contribution in [1.29, 1.82) is 0 Å². The largest absolute Gasteiger partial charge is 0.465 e. The standard InChI is InChI=1S/C18H18ClNO4S/c1-12-5-7-16-13(10-12)4-3-9-20(16)25(22,23)17-8-6-14(11-15(17)19)18(21)24-2/h5-8,10-11H,3-4,9H2,1-2H3. The van der Waals surface area contributed by atoms with E-state index < -0.39 is 16.0 Å². The van der Waals surface area contributed by atoms with Crippen LogP contribution >= 0.6 is 11.6 Å². The third-order valence-electron chi connectivity index (χ3n) is 4.23. The fraction of sp³-hybridized carbons (Fsp3) is 0.278. The van der Waals surface area contributed by atoms with Crippen molar-refractivity contribution in [1.82, 2.24) is 0 Å². The van der Waals surface area contributed by atoms with Crippen molar-refractivity contribution in [3.63, 3.8) is 0 Å². The van der Waals surface area contributed by atoms with Crippen LogP contribution in [0.1, 0.15) is 27.9 Å². The minimum atomic E-state index is -3.82. The Labute approximate surface area is 152 Å². The van der Waals surface area contributed by atoms with Gasteiger partial charge in [0.25, 0.3) is 10.0 Å². The first-order chi connectivity index (χ1) is 11.8. The van der Waals surface area contributed by atoms with E-state index in [1.165, 1.54) is 29.6 Å². The lowest BCUT2D eigenvalue weighted by molar-refractivity contribution is 0.0600. The quantitative estimate of drug-likeness (QED) is 0.765. The molecule has 132 valence electrons. The fourth-order valence-corrected chi connectivity index (χ4v) is 5.08. The van der Waals surface area contributed by atoms with Gasteiger partial charge < -0.3 is 4.74 Å². The summed E-state index contributed by atoms with van der Waals surface area (Å²) < 4.78 is 32.3. The molecule has 25 heavy (non-hydrogen) atoms. The van der Waals surface area contributed by atoms with E-state index in [1.807, 2.05) is 25.1 Å². The summed E-state index contributed by atoms with van der Waals surface area (Å²) in [5.41, 5.74) is 3.00. The molecule has 0 radical (unpaired) electrons. The van der Waals surface area contributed by atoms with Gasteiger partial charge in [-0.05, 0) is 49.6 Å². The maximum absolute atomic E-state index is 13.1. The zero-order valence-corrected chi connectivity index (χ0v) is 15.5. The minimum Gasteiger partial charge on any atom is -0.465 e. The normalized spacial score (nSPS) is 14.1. The van der Waals surface area contributed by atoms with Crippen LogP contribution in [0.3, 0.4) is 0 Å². The highest BCUT2D eigenvalue weighted by Gasteiger charge is 2.31. The van der Waals surface area contributed by atoms with Crippen molar-refractivity contribution in [3.05, 3.63) is 58.1 Å². The zero-order valence-electron chi connectivity index (χ0n) is 14.0. The van der Waals surface area contributed by atoms with Crippen molar-refractivity contribution in [2.75, 3.05) is 18.0 Å². The Morgan fingerprint density at radius 2 is 1.96 bits per heavy atom. The van der Waals surface area contributed by atoms with Gasteiger partial charge in [-0.15, -0.1) is 0 Å². The second-order valence-electron chi connectivity index (χ2n) is 5.95. The van der Waals surface area contributed by atoms with Crippen molar-refractivity contribution in [2.45, 2.75) is 24.7 Å². The maximum Gasteiger partial charge on any atom is 0.337 e. The van der Waals surface area contributed by atoms with Crippen LogP contribution in [0.2, 0.25) is 5.02 Å². The Hall–Kier alpha value is -2.05. The molecule has 3 rings (SSSR count). The molecule has 0 bridgehead atoms. The Morgan fingerprint density at radius 1 is 1.20 bits per heavy atom. The summed E-state index contributed by atoms with van der Waals surface area (Å²) in [7, 11) is -2.56. The molecule has 0 N–H and O–H groups in total. The van der Waals surface area contributed by atoms with Crippen molar-refractivity contribution in [2.24, 2.45) is 0 Å². The molecule has 5 nitrogen and oxygen atoms in total. The number of hydrogen-bond donors (Lipinski definition) is 0. The number of carbonyl (C=O) groups excluding carboxylic acids is 1. The summed E-state index contributed by atoms with van der Waals surface area (Å²) in [6.45, 7) is 2.38. The van der Waals surface area contributed by atoms with Gasteiger partial charge in [-0.25, -0.2) is 13.2 Å². The molecular formula is C18H18ClNO4S. The van der Waals surface area contributed by atoms with Crippen molar-refractivity contribution in [3.8, 4) is 0 Å². The molecular weight excluding hydrogens is 362 g/mol. The molecule has 0 saturated carbocycles. The summed E-state index contributed by atoms with van der Waals surface area (Å²) in [5.74, 6) is -0.565. The number of carbonyl (C=O) groups is 1. The van der Waals surface area contributed by atoms with E-state index in [4.69, 9.17) is 11.6 Å². The molecule has 0 fully saturated rings. The van der Waals surface area contributed by atoms with Crippen LogP contribution in [0.5, 0.6) is 0 Å². The van der Waals surface area contributed by atoms with Gasteiger partial charge in [0.15, 0.2) is 0 Å². The van der Waals surface area contributed by atoms with Crippen LogP contribution < -0.4 is 4.31 Å². The summed E-state index contributed by atoms with van der Waals surface area (Å²) in [6, 6.07) is 9.82. The number of rotatable bonds is 3. The molecule has 1 aliphatic rings. The monoisotopic (exact) mass is 379 g/mol. The van der Waals surface area contributed by atoms with E-state index in [-0.39, 0.29) is 15.5 Å². The number of halogens is 1. The molecule has 1 heterocycles. The van der Waals surface area contributed by atoms with Crippen LogP contribution in [0.4, 0.5) is 5.69 Å². The van der Waals surface area contributed by atoms with Gasteiger partial charge in [0.05, 0.1) is 23.4 Å². The highest BCUT2D eigenvalue weighted by Crippen LogP contribution is 2.34. The SMILES string of the molecule is COC(=O)c1ccc(S(=O)(=O)N2CCCc3cc(C)ccc32)c(Cl)c1. The molecule has 1 aliphatic heterocycles. The molecule has 0 spiro atoms. The van der Waals surface area contributed by atoms with Crippen LogP contribution in [0.25, 0.3) is 0 Å². The van der Waals surface area contributed by atoms with Crippen molar-refractivity contribution < 1.29 is 17.9 Å². The summed E-state index contributed by atoms with van der Waals surface area (Å²) in [6.07, 6.45) is 1.59. The molecule has 7 heteroatoms. The Morgan fingerprint density at radius 3 is 2.64 bits per heavy atom. The summed E-state index contributed by atoms with van der Waals surface area (Å²) in [5, 5.41) is 0.00198. The lowest BCUT2D eigenvalue weighted by Gasteiger charge is -2.31. The van der Waals surface area contributed by atoms with Gasteiger partial charge in [-0.1, -0.05) is 29.3 Å². The van der Waals surface area contributed by atoms with Gasteiger partial charge >= 0.3 is 5.97 Å². The number of hydrogen-bond acceptors (Lipinski definition) is 4. The first-order valence-electron chi connectivity index (χ1n) is 7.84. The topological polar surface area (TPSA) is 63.7 Å². The number of esters is 1. The van der Waals surface area contributed by atoms with Gasteiger partial charge in [0, 0.05) is 6.54 Å². The first kappa shape index (κ1) is 17.8. The number of fused-ring (bicyclic) bond motifs is 1. The van der Waals surface area contributed by atoms with Crippen LogP contribution in [0, 0.1) is 6.92 Å². The number of methoxy groups -OCH3 is 1. The lowest BCUT2D eigenvalue weighted by Crippen LogP contribution is -2.35. The third-order valence-corrected chi connectivity index (χ3v) is 6.53. The molecule has 0 unspecified atom stereocenters. The Kier molecular flexibility index (Phi) is 4.75. The molecule has 0 atom stereocenters. The molecule has 0 amide bonds. The van der Waals surface area contributed by atoms with Gasteiger partial charge in [0.1, 0.15) is 4.90 Å². The molecule has 0 aliphatic carbocycles. The molecule has 2 aromatic rings. The van der Waals surface area contributed by atoms with Gasteiger partial charge in [-0.3, -0.25) is 4.31 Å². The Bertz CT molecular complexity index is 940. The number of ether oxygens (including phenoxy) is 1. The van der Waals surface area contributed by atoms with E-state index in [9.17, 15) is 13.2 Å². The third kappa shape index (κ3) is 3.24. The van der Waals surface area contributed by atoms with E-state index in [0.717, 1.165) is 24.0 Å². The minimum absolute atomic E-state index is 0.00198. The lowest BCUT2D eigenvalue weighted by atomic mass is 10.0. The van der Waals surface area contributed by atoms with Crippen LogP contribution in [-0.2, 0) is 21.2 Å². The average Bonchev–Trinajstić information content (AvgIpc) is 2.59. The second-order valence-corrected chi connectivity index (χ2v) is 8.19. The smallest absolute Gasteiger partial charge is 0.337 e. The maximum atomic E-state index is 13.1. The zero-order chi connectivity index (χ0) is 18.2. The number of benzene rings is 2. The Balaban J connectivity index is 2.05. The van der Waals surface area contributed by atoms with Crippen LogP contribution in [0.15, 0.2) is 41.3 Å². The number of nitrogens with zero attached hydrogens (tertiary/aromatic N) is 1. The van der Waals surface area contributed by atoms with E-state index >= 15 is 0 Å². The highest BCUT2D eigenvalue weighted by molar-refractivity contribution is 7.93. The molecule has 0 aromatic heterocycles. The number of aryl methyl sites for hydroxylation is 2. The van der Waals surface area contributed by atoms with Gasteiger partial charge in [0.2, 0.25) is 0 Å². The second kappa shape index (κ2) is 6.69. The van der Waals surface area contributed by atoms with E-state index in [0.29, 0.717) is 12.2 Å². The first-order valence-corrected chi connectivity index (χ1v) is 9.66. The highest BCUT2D eigenvalue weighted by atomic mass is 35.5. The van der Waals surface area contributed by atoms with Crippen molar-refractivity contribution >= 4 is 33.3 Å². The van der Waals surface area contributed by atoms with Gasteiger partial charge in [-0.2, -0.15) is 0 Å². The summed E-state index contributed by atoms with van der Waals surface area (Å²) in [4.78, 5) is 11.6. The molecule has 0 saturated heterocycles. The predicted octanol–water partition coefficient (Wildman–Crippen LogP) is 3.58. The fourth-order valence-electron chi connectivity index (χ4n) is 3.01. The van der Waals surface area contributed by atoms with E-state index in [1.54, 1.807) is 0 Å². The molecule has 2 aromatic carbocycles. The number of sulfonamides is 1. The van der Waals surface area contributed by atoms with E-state index in [2.05, 4.69) is 4.74 Å². The number of anilines is 1. The predicted molar refractivity (Wildman–Crippen MR) is 96.8 cm³/mol. The summed E-state index contributed by atoms with van der Waals surface area (Å²) >= 11 is 6.17. The average molecular weight is 380 g/mol.